The van der Waals surface area contributed by atoms with Crippen molar-refractivity contribution in [2.75, 3.05) is 6.61 Å². The maximum Gasteiger partial charge on any atom is 0.187 e. The Bertz CT molecular complexity index is 377. The molecule has 136 valence electrons. The quantitative estimate of drug-likeness (QED) is 0.248. The molecule has 10 nitrogen and oxygen atoms in total. The lowest BCUT2D eigenvalue weighted by atomic mass is 9.79. The molecule has 10 heteroatoms. The average molecular weight is 340 g/mol. The van der Waals surface area contributed by atoms with Crippen LogP contribution in [0.5, 0.6) is 0 Å². The first-order valence-corrected chi connectivity index (χ1v) is 7.39. The zero-order chi connectivity index (χ0) is 17.5. The molecule has 1 heterocycles. The summed E-state index contributed by atoms with van der Waals surface area (Å²) in [6.45, 7) is 0.773. The summed E-state index contributed by atoms with van der Waals surface area (Å²) in [5.74, 6) is -0.811. The van der Waals surface area contributed by atoms with Crippen molar-refractivity contribution in [1.29, 1.82) is 0 Å². The molecule has 1 saturated heterocycles. The van der Waals surface area contributed by atoms with Gasteiger partial charge in [-0.3, -0.25) is 0 Å². The molecule has 9 atom stereocenters. The van der Waals surface area contributed by atoms with Crippen molar-refractivity contribution in [2.24, 2.45) is 5.92 Å². The molecular weight excluding hydrogens is 316 g/mol. The first-order valence-electron chi connectivity index (χ1n) is 7.39. The first-order chi connectivity index (χ1) is 10.7. The fraction of sp³-hybridized carbons (Fsp3) is 1.00. The lowest BCUT2D eigenvalue weighted by molar-refractivity contribution is -0.336. The molecule has 0 spiro atoms. The molecule has 0 aromatic carbocycles. The van der Waals surface area contributed by atoms with Crippen LogP contribution in [-0.4, -0.2) is 109 Å². The topological polar surface area (TPSA) is 180 Å². The number of ether oxygens (including phenoxy) is 2. The maximum absolute atomic E-state index is 10.0. The number of aliphatic hydroxyl groups is 8. The van der Waals surface area contributed by atoms with E-state index in [1.54, 1.807) is 0 Å². The number of hydrogen-bond acceptors (Lipinski definition) is 10. The summed E-state index contributed by atoms with van der Waals surface area (Å²) in [5.41, 5.74) is 0. The van der Waals surface area contributed by atoms with Crippen LogP contribution in [0.1, 0.15) is 6.92 Å². The van der Waals surface area contributed by atoms with E-state index in [0.717, 1.165) is 0 Å². The Balaban J connectivity index is 2.13. The molecule has 7 unspecified atom stereocenters. The molecule has 2 fully saturated rings. The van der Waals surface area contributed by atoms with Crippen LogP contribution in [0.3, 0.4) is 0 Å². The molecule has 0 aromatic heterocycles. The summed E-state index contributed by atoms with van der Waals surface area (Å²) in [6, 6.07) is 0. The Labute approximate surface area is 132 Å². The number of aliphatic hydroxyl groups excluding tert-OH is 8. The van der Waals surface area contributed by atoms with Crippen molar-refractivity contribution >= 4 is 0 Å². The molecule has 1 aliphatic heterocycles. The molecule has 2 aliphatic rings. The van der Waals surface area contributed by atoms with Crippen molar-refractivity contribution in [2.45, 2.75) is 68.1 Å². The van der Waals surface area contributed by atoms with Crippen LogP contribution in [0, 0.1) is 5.92 Å². The second-order valence-electron chi connectivity index (χ2n) is 6.12. The van der Waals surface area contributed by atoms with E-state index in [-0.39, 0.29) is 0 Å². The Morgan fingerprint density at radius 3 is 1.74 bits per heavy atom. The second kappa shape index (κ2) is 7.23. The predicted octanol–water partition coefficient (Wildman–Crippen LogP) is -4.74. The van der Waals surface area contributed by atoms with Crippen LogP contribution >= 0.6 is 0 Å². The Hall–Kier alpha value is -0.400. The predicted molar refractivity (Wildman–Crippen MR) is 71.8 cm³/mol. The second-order valence-corrected chi connectivity index (χ2v) is 6.12. The normalized spacial score (nSPS) is 54.9. The van der Waals surface area contributed by atoms with Crippen LogP contribution in [0.15, 0.2) is 0 Å². The van der Waals surface area contributed by atoms with E-state index in [9.17, 15) is 35.7 Å². The molecule has 1 saturated carbocycles. The highest BCUT2D eigenvalue weighted by Gasteiger charge is 2.51. The van der Waals surface area contributed by atoms with E-state index >= 15 is 0 Å². The van der Waals surface area contributed by atoms with Gasteiger partial charge in [0.05, 0.1) is 18.8 Å². The fourth-order valence-electron chi connectivity index (χ4n) is 2.91. The fourth-order valence-corrected chi connectivity index (χ4v) is 2.91. The summed E-state index contributed by atoms with van der Waals surface area (Å²) < 4.78 is 10.3. The van der Waals surface area contributed by atoms with Gasteiger partial charge in [-0.1, -0.05) is 6.92 Å². The molecule has 0 radical (unpaired) electrons. The minimum atomic E-state index is -1.72. The number of rotatable bonds is 3. The van der Waals surface area contributed by atoms with Crippen molar-refractivity contribution in [3.05, 3.63) is 0 Å². The molecule has 0 bridgehead atoms. The van der Waals surface area contributed by atoms with Crippen molar-refractivity contribution < 1.29 is 50.3 Å². The van der Waals surface area contributed by atoms with Crippen LogP contribution in [0.2, 0.25) is 0 Å². The number of hydrogen-bond donors (Lipinski definition) is 8. The van der Waals surface area contributed by atoms with E-state index in [0.29, 0.717) is 0 Å². The van der Waals surface area contributed by atoms with E-state index < -0.39 is 73.8 Å². The minimum absolute atomic E-state index is 0.664. The zero-order valence-corrected chi connectivity index (χ0v) is 12.5. The largest absolute Gasteiger partial charge is 0.394 e. The Morgan fingerprint density at radius 1 is 0.739 bits per heavy atom. The minimum Gasteiger partial charge on any atom is -0.394 e. The summed E-state index contributed by atoms with van der Waals surface area (Å²) in [5, 5.41) is 78.1. The molecule has 0 aromatic rings. The maximum atomic E-state index is 10.0. The van der Waals surface area contributed by atoms with Crippen LogP contribution in [0.4, 0.5) is 0 Å². The SMILES string of the molecule is CC1C(O)C(O)C(O[C@@H]2OC(CO)[C@H](O)C(O)C2O)C(O)C1O. The lowest BCUT2D eigenvalue weighted by Gasteiger charge is -2.46. The molecule has 23 heavy (non-hydrogen) atoms. The van der Waals surface area contributed by atoms with E-state index in [4.69, 9.17) is 14.6 Å². The summed E-state index contributed by atoms with van der Waals surface area (Å²) in [6.07, 6.45) is -15.2. The molecule has 0 amide bonds. The van der Waals surface area contributed by atoms with Gasteiger partial charge in [0, 0.05) is 5.92 Å². The van der Waals surface area contributed by atoms with E-state index in [2.05, 4.69) is 0 Å². The van der Waals surface area contributed by atoms with E-state index in [1.165, 1.54) is 6.92 Å². The molecule has 2 rings (SSSR count). The Morgan fingerprint density at radius 2 is 1.26 bits per heavy atom. The van der Waals surface area contributed by atoms with Gasteiger partial charge >= 0.3 is 0 Å². The van der Waals surface area contributed by atoms with Gasteiger partial charge in [0.1, 0.15) is 42.7 Å². The Kier molecular flexibility index (Phi) is 5.95. The summed E-state index contributed by atoms with van der Waals surface area (Å²) in [7, 11) is 0. The molecule has 8 N–H and O–H groups in total. The van der Waals surface area contributed by atoms with Gasteiger partial charge in [-0.05, 0) is 0 Å². The van der Waals surface area contributed by atoms with Crippen LogP contribution < -0.4 is 0 Å². The van der Waals surface area contributed by atoms with Gasteiger partial charge in [-0.25, -0.2) is 0 Å². The van der Waals surface area contributed by atoms with Crippen molar-refractivity contribution in [3.63, 3.8) is 0 Å². The monoisotopic (exact) mass is 340 g/mol. The third-order valence-electron chi connectivity index (χ3n) is 4.59. The highest BCUT2D eigenvalue weighted by atomic mass is 16.7. The third kappa shape index (κ3) is 3.37. The smallest absolute Gasteiger partial charge is 0.187 e. The van der Waals surface area contributed by atoms with Gasteiger partial charge in [-0.2, -0.15) is 0 Å². The molecular formula is C13H24O10. The summed E-state index contributed by atoms with van der Waals surface area (Å²) >= 11 is 0. The summed E-state index contributed by atoms with van der Waals surface area (Å²) in [4.78, 5) is 0. The van der Waals surface area contributed by atoms with Gasteiger partial charge in [0.25, 0.3) is 0 Å². The molecule has 1 aliphatic carbocycles. The van der Waals surface area contributed by atoms with Gasteiger partial charge in [0.2, 0.25) is 0 Å². The average Bonchev–Trinajstić information content (AvgIpc) is 2.54. The van der Waals surface area contributed by atoms with Crippen molar-refractivity contribution in [1.82, 2.24) is 0 Å². The highest BCUT2D eigenvalue weighted by molar-refractivity contribution is 4.99. The standard InChI is InChI=1S/C13H24O10/c1-3-5(15)9(19)12(10(20)6(3)16)23-13-11(21)8(18)7(17)4(2-14)22-13/h3-21H,2H2,1H3/t3?,4?,5?,6?,7-,8?,9?,10?,11?,12?,13-/m0/s1. The van der Waals surface area contributed by atoms with Crippen LogP contribution in [0.25, 0.3) is 0 Å². The first kappa shape index (κ1) is 18.9. The zero-order valence-electron chi connectivity index (χ0n) is 12.5. The van der Waals surface area contributed by atoms with Crippen LogP contribution in [-0.2, 0) is 9.47 Å². The lowest BCUT2D eigenvalue weighted by Crippen LogP contribution is -2.65. The van der Waals surface area contributed by atoms with Gasteiger partial charge in [0.15, 0.2) is 6.29 Å². The third-order valence-corrected chi connectivity index (χ3v) is 4.59. The van der Waals surface area contributed by atoms with Crippen molar-refractivity contribution in [3.8, 4) is 0 Å². The van der Waals surface area contributed by atoms with E-state index in [1.807, 2.05) is 0 Å². The highest BCUT2D eigenvalue weighted by Crippen LogP contribution is 2.31. The van der Waals surface area contributed by atoms with Gasteiger partial charge in [-0.15, -0.1) is 0 Å². The van der Waals surface area contributed by atoms with Gasteiger partial charge < -0.3 is 50.3 Å².